The van der Waals surface area contributed by atoms with Crippen molar-refractivity contribution >= 4 is 17.7 Å². The summed E-state index contributed by atoms with van der Waals surface area (Å²) >= 11 is 0. The number of hydrogen-bond donors (Lipinski definition) is 2. The van der Waals surface area contributed by atoms with Crippen LogP contribution in [0, 0.1) is 11.8 Å². The van der Waals surface area contributed by atoms with Crippen LogP contribution in [0.5, 0.6) is 0 Å². The van der Waals surface area contributed by atoms with Crippen molar-refractivity contribution in [3.8, 4) is 0 Å². The summed E-state index contributed by atoms with van der Waals surface area (Å²) < 4.78 is 0. The van der Waals surface area contributed by atoms with E-state index in [1.165, 1.54) is 5.56 Å². The molecule has 0 unspecified atom stereocenters. The number of fused-ring (bicyclic) bond motifs is 1. The van der Waals surface area contributed by atoms with Gasteiger partial charge in [-0.3, -0.25) is 14.4 Å². The van der Waals surface area contributed by atoms with Crippen molar-refractivity contribution in [1.82, 2.24) is 15.5 Å². The van der Waals surface area contributed by atoms with Crippen molar-refractivity contribution in [1.29, 1.82) is 0 Å². The highest BCUT2D eigenvalue weighted by atomic mass is 16.2. The van der Waals surface area contributed by atoms with Crippen LogP contribution in [-0.2, 0) is 20.8 Å². The Labute approximate surface area is 172 Å². The normalized spacial score (nSPS) is 28.7. The maximum Gasteiger partial charge on any atom is 0.225 e. The van der Waals surface area contributed by atoms with Gasteiger partial charge in [-0.25, -0.2) is 0 Å². The maximum absolute atomic E-state index is 12.8. The van der Waals surface area contributed by atoms with Crippen molar-refractivity contribution in [3.63, 3.8) is 0 Å². The van der Waals surface area contributed by atoms with E-state index < -0.39 is 0 Å². The van der Waals surface area contributed by atoms with E-state index in [-0.39, 0.29) is 41.6 Å². The number of nitrogens with zero attached hydrogens (tertiary/aromatic N) is 1. The van der Waals surface area contributed by atoms with Crippen LogP contribution in [0.15, 0.2) is 30.3 Å². The molecule has 29 heavy (non-hydrogen) atoms. The van der Waals surface area contributed by atoms with Crippen LogP contribution in [0.4, 0.5) is 0 Å². The summed E-state index contributed by atoms with van der Waals surface area (Å²) in [5.74, 6) is 0.834. The van der Waals surface area contributed by atoms with Gasteiger partial charge in [0.15, 0.2) is 0 Å². The predicted octanol–water partition coefficient (Wildman–Crippen LogP) is 2.03. The summed E-state index contributed by atoms with van der Waals surface area (Å²) in [4.78, 5) is 38.5. The van der Waals surface area contributed by atoms with Crippen LogP contribution < -0.4 is 10.6 Å². The molecule has 4 rings (SSSR count). The first-order valence-corrected chi connectivity index (χ1v) is 11.0. The van der Waals surface area contributed by atoms with E-state index in [1.807, 2.05) is 23.1 Å². The second-order valence-electron chi connectivity index (χ2n) is 8.84. The monoisotopic (exact) mass is 397 g/mol. The number of aryl methyl sites for hydroxylation is 1. The number of likely N-dealkylation sites (tertiary alicyclic amines) is 1. The molecular formula is C23H31N3O3. The molecular weight excluding hydrogens is 366 g/mol. The Balaban J connectivity index is 1.14. The summed E-state index contributed by atoms with van der Waals surface area (Å²) in [6, 6.07) is 10.6. The van der Waals surface area contributed by atoms with Crippen LogP contribution in [-0.4, -0.2) is 47.8 Å². The molecule has 1 aromatic carbocycles. The Morgan fingerprint density at radius 2 is 1.83 bits per heavy atom. The Kier molecular flexibility index (Phi) is 6.16. The van der Waals surface area contributed by atoms with Gasteiger partial charge in [0, 0.05) is 43.8 Å². The Morgan fingerprint density at radius 1 is 1.07 bits per heavy atom. The molecule has 2 atom stereocenters. The van der Waals surface area contributed by atoms with Gasteiger partial charge in [-0.05, 0) is 44.1 Å². The molecule has 2 saturated heterocycles. The molecule has 6 nitrogen and oxygen atoms in total. The molecule has 0 aromatic heterocycles. The highest BCUT2D eigenvalue weighted by molar-refractivity contribution is 5.82. The fourth-order valence-electron chi connectivity index (χ4n) is 5.07. The lowest BCUT2D eigenvalue weighted by Crippen LogP contribution is -2.43. The highest BCUT2D eigenvalue weighted by Crippen LogP contribution is 2.31. The second kappa shape index (κ2) is 8.97. The van der Waals surface area contributed by atoms with Crippen LogP contribution in [0.25, 0.3) is 0 Å². The first-order chi connectivity index (χ1) is 14.1. The van der Waals surface area contributed by atoms with E-state index in [1.54, 1.807) is 0 Å². The molecule has 3 amide bonds. The molecule has 1 saturated carbocycles. The number of nitrogens with one attached hydrogen (secondary N) is 2. The summed E-state index contributed by atoms with van der Waals surface area (Å²) in [7, 11) is 0. The topological polar surface area (TPSA) is 78.5 Å². The minimum Gasteiger partial charge on any atom is -0.353 e. The fraction of sp³-hybridized carbons (Fsp3) is 0.609. The molecule has 2 heterocycles. The first kappa shape index (κ1) is 19.9. The molecule has 2 N–H and O–H groups in total. The van der Waals surface area contributed by atoms with Gasteiger partial charge in [0.1, 0.15) is 0 Å². The predicted molar refractivity (Wildman–Crippen MR) is 110 cm³/mol. The van der Waals surface area contributed by atoms with Gasteiger partial charge < -0.3 is 15.5 Å². The lowest BCUT2D eigenvalue weighted by atomic mass is 9.85. The molecule has 1 aliphatic carbocycles. The summed E-state index contributed by atoms with van der Waals surface area (Å²) in [6.07, 6.45) is 6.31. The Hall–Kier alpha value is -2.37. The summed E-state index contributed by atoms with van der Waals surface area (Å²) in [5.41, 5.74) is 1.27. The molecule has 0 bridgehead atoms. The standard InChI is InChI=1S/C23H31N3O3/c27-21(8-4-7-16-5-2-1-3-6-16)24-19-11-9-17(10-12-19)23(29)26-14-18-13-22(28)25-20(18)15-26/h1-3,5-6,17-20H,4,7-15H2,(H,24,27)(H,25,28)/t17?,18-,19?,20+/m0/s1. The van der Waals surface area contributed by atoms with E-state index in [0.29, 0.717) is 25.9 Å². The number of carbonyl (C=O) groups excluding carboxylic acids is 3. The van der Waals surface area contributed by atoms with Gasteiger partial charge >= 0.3 is 0 Å². The van der Waals surface area contributed by atoms with Crippen molar-refractivity contribution in [3.05, 3.63) is 35.9 Å². The highest BCUT2D eigenvalue weighted by Gasteiger charge is 2.43. The SMILES string of the molecule is O=C(CCCc1ccccc1)NC1CCC(C(=O)N2C[C@@H]3CC(=O)N[C@@H]3C2)CC1. The molecule has 2 aliphatic heterocycles. The van der Waals surface area contributed by atoms with E-state index in [0.717, 1.165) is 38.5 Å². The van der Waals surface area contributed by atoms with Crippen LogP contribution in [0.2, 0.25) is 0 Å². The van der Waals surface area contributed by atoms with Gasteiger partial charge in [-0.2, -0.15) is 0 Å². The first-order valence-electron chi connectivity index (χ1n) is 11.0. The number of carbonyl (C=O) groups is 3. The zero-order valence-electron chi connectivity index (χ0n) is 16.9. The summed E-state index contributed by atoms with van der Waals surface area (Å²) in [6.45, 7) is 1.37. The molecule has 3 aliphatic rings. The quantitative estimate of drug-likeness (QED) is 0.771. The molecule has 6 heteroatoms. The van der Waals surface area contributed by atoms with E-state index in [9.17, 15) is 14.4 Å². The van der Waals surface area contributed by atoms with E-state index >= 15 is 0 Å². The van der Waals surface area contributed by atoms with Crippen molar-refractivity contribution in [2.75, 3.05) is 13.1 Å². The van der Waals surface area contributed by atoms with Gasteiger partial charge in [0.2, 0.25) is 17.7 Å². The number of rotatable bonds is 6. The Morgan fingerprint density at radius 3 is 2.55 bits per heavy atom. The smallest absolute Gasteiger partial charge is 0.225 e. The van der Waals surface area contributed by atoms with Gasteiger partial charge in [-0.1, -0.05) is 30.3 Å². The fourth-order valence-corrected chi connectivity index (χ4v) is 5.07. The van der Waals surface area contributed by atoms with E-state index in [2.05, 4.69) is 22.8 Å². The van der Waals surface area contributed by atoms with Gasteiger partial charge in [0.25, 0.3) is 0 Å². The summed E-state index contributed by atoms with van der Waals surface area (Å²) in [5, 5.41) is 6.14. The molecule has 0 radical (unpaired) electrons. The minimum atomic E-state index is 0.0655. The van der Waals surface area contributed by atoms with Crippen molar-refractivity contribution in [2.24, 2.45) is 11.8 Å². The van der Waals surface area contributed by atoms with Crippen molar-refractivity contribution < 1.29 is 14.4 Å². The third-order valence-corrected chi connectivity index (χ3v) is 6.70. The minimum absolute atomic E-state index is 0.0655. The molecule has 1 aromatic rings. The Bertz CT molecular complexity index is 727. The van der Waals surface area contributed by atoms with E-state index in [4.69, 9.17) is 0 Å². The lowest BCUT2D eigenvalue weighted by molar-refractivity contribution is -0.136. The molecule has 3 fully saturated rings. The molecule has 156 valence electrons. The second-order valence-corrected chi connectivity index (χ2v) is 8.84. The number of amides is 3. The number of benzene rings is 1. The third kappa shape index (κ3) is 4.98. The average Bonchev–Trinajstić information content (AvgIpc) is 3.26. The van der Waals surface area contributed by atoms with Crippen LogP contribution >= 0.6 is 0 Å². The largest absolute Gasteiger partial charge is 0.353 e. The van der Waals surface area contributed by atoms with Crippen LogP contribution in [0.3, 0.4) is 0 Å². The van der Waals surface area contributed by atoms with Gasteiger partial charge in [-0.15, -0.1) is 0 Å². The average molecular weight is 398 g/mol. The maximum atomic E-state index is 12.8. The zero-order valence-corrected chi connectivity index (χ0v) is 16.9. The zero-order chi connectivity index (χ0) is 20.2. The van der Waals surface area contributed by atoms with Crippen LogP contribution in [0.1, 0.15) is 50.5 Å². The van der Waals surface area contributed by atoms with Crippen molar-refractivity contribution in [2.45, 2.75) is 63.5 Å². The lowest BCUT2D eigenvalue weighted by Gasteiger charge is -2.31. The van der Waals surface area contributed by atoms with Gasteiger partial charge in [0.05, 0.1) is 6.04 Å². The molecule has 0 spiro atoms. The third-order valence-electron chi connectivity index (χ3n) is 6.70. The number of hydrogen-bond acceptors (Lipinski definition) is 3.